The Labute approximate surface area is 130 Å². The number of benzene rings is 2. The van der Waals surface area contributed by atoms with Crippen LogP contribution in [-0.4, -0.2) is 13.1 Å². The third-order valence-corrected chi connectivity index (χ3v) is 3.27. The van der Waals surface area contributed by atoms with Crippen molar-refractivity contribution in [2.75, 3.05) is 7.11 Å². The molecule has 1 aromatic heterocycles. The molecule has 0 bridgehead atoms. The molecule has 0 aliphatic heterocycles. The van der Waals surface area contributed by atoms with Gasteiger partial charge in [0.25, 0.3) is 0 Å². The van der Waals surface area contributed by atoms with Crippen LogP contribution in [0.25, 0.3) is 11.0 Å². The zero-order valence-corrected chi connectivity index (χ0v) is 12.1. The molecule has 0 fully saturated rings. The van der Waals surface area contributed by atoms with Crippen molar-refractivity contribution in [2.45, 2.75) is 0 Å². The van der Waals surface area contributed by atoms with Crippen molar-refractivity contribution in [2.24, 2.45) is 0 Å². The highest BCUT2D eigenvalue weighted by atomic mass is 16.5. The van der Waals surface area contributed by atoms with Crippen molar-refractivity contribution in [1.29, 1.82) is 0 Å². The lowest BCUT2D eigenvalue weighted by atomic mass is 10.2. The van der Waals surface area contributed by atoms with Gasteiger partial charge in [0.2, 0.25) is 11.2 Å². The van der Waals surface area contributed by atoms with E-state index in [4.69, 9.17) is 13.9 Å². The summed E-state index contributed by atoms with van der Waals surface area (Å²) in [6.07, 6.45) is 1.21. The first-order chi connectivity index (χ1) is 11.1. The molecule has 0 atom stereocenters. The maximum absolute atomic E-state index is 12.4. The van der Waals surface area contributed by atoms with Crippen LogP contribution in [0.3, 0.4) is 0 Å². The molecule has 0 unspecified atom stereocenters. The molecule has 0 spiro atoms. The molecule has 0 amide bonds. The first-order valence-corrected chi connectivity index (χ1v) is 6.67. The predicted octanol–water partition coefficient (Wildman–Crippen LogP) is 1.96. The van der Waals surface area contributed by atoms with E-state index in [1.54, 1.807) is 18.2 Å². The number of carbonyl (C=O) groups is 1. The molecular formula is C17H11O6-. The van der Waals surface area contributed by atoms with E-state index in [0.717, 1.165) is 0 Å². The Morgan fingerprint density at radius 2 is 1.78 bits per heavy atom. The summed E-state index contributed by atoms with van der Waals surface area (Å²) in [5.41, 5.74) is 0.0712. The highest BCUT2D eigenvalue weighted by molar-refractivity contribution is 5.85. The van der Waals surface area contributed by atoms with Crippen LogP contribution in [0.4, 0.5) is 0 Å². The molecule has 1 heterocycles. The van der Waals surface area contributed by atoms with E-state index < -0.39 is 5.97 Å². The number of carboxylic acid groups (broad SMARTS) is 1. The van der Waals surface area contributed by atoms with Crippen molar-refractivity contribution < 1.29 is 23.8 Å². The SMILES string of the molecule is COc1ccc2c(=O)c(Oc3ccc(C(=O)[O-])cc3)coc2c1. The van der Waals surface area contributed by atoms with Gasteiger partial charge in [0.1, 0.15) is 23.3 Å². The molecule has 0 saturated carbocycles. The summed E-state index contributed by atoms with van der Waals surface area (Å²) < 4.78 is 15.9. The lowest BCUT2D eigenvalue weighted by molar-refractivity contribution is -0.255. The van der Waals surface area contributed by atoms with E-state index in [-0.39, 0.29) is 16.7 Å². The van der Waals surface area contributed by atoms with E-state index in [9.17, 15) is 14.7 Å². The summed E-state index contributed by atoms with van der Waals surface area (Å²) in [7, 11) is 1.52. The number of fused-ring (bicyclic) bond motifs is 1. The molecule has 3 rings (SSSR count). The van der Waals surface area contributed by atoms with E-state index in [1.807, 2.05) is 0 Å². The zero-order valence-electron chi connectivity index (χ0n) is 12.1. The Bertz CT molecular complexity index is 924. The first kappa shape index (κ1) is 14.6. The number of methoxy groups -OCH3 is 1. The van der Waals surface area contributed by atoms with Crippen LogP contribution in [-0.2, 0) is 0 Å². The molecule has 116 valence electrons. The minimum absolute atomic E-state index is 0.00358. The minimum Gasteiger partial charge on any atom is -0.545 e. The van der Waals surface area contributed by atoms with E-state index in [0.29, 0.717) is 22.5 Å². The monoisotopic (exact) mass is 311 g/mol. The predicted molar refractivity (Wildman–Crippen MR) is 79.9 cm³/mol. The Kier molecular flexibility index (Phi) is 3.72. The standard InChI is InChI=1S/C17H12O6/c1-21-12-6-7-13-14(8-12)22-9-15(16(13)18)23-11-4-2-10(3-5-11)17(19)20/h2-9H,1H3,(H,19,20)/p-1. The van der Waals surface area contributed by atoms with Gasteiger partial charge in [0.05, 0.1) is 18.5 Å². The second kappa shape index (κ2) is 5.84. The Morgan fingerprint density at radius 3 is 2.43 bits per heavy atom. The minimum atomic E-state index is -1.28. The van der Waals surface area contributed by atoms with Gasteiger partial charge in [-0.2, -0.15) is 0 Å². The fourth-order valence-electron chi connectivity index (χ4n) is 2.07. The normalized spacial score (nSPS) is 10.5. The second-order valence-electron chi connectivity index (χ2n) is 4.71. The van der Waals surface area contributed by atoms with Crippen LogP contribution >= 0.6 is 0 Å². The van der Waals surface area contributed by atoms with Gasteiger partial charge in [-0.15, -0.1) is 0 Å². The first-order valence-electron chi connectivity index (χ1n) is 6.67. The lowest BCUT2D eigenvalue weighted by Crippen LogP contribution is -2.21. The number of ether oxygens (including phenoxy) is 2. The third kappa shape index (κ3) is 2.87. The van der Waals surface area contributed by atoms with Gasteiger partial charge in [0.15, 0.2) is 0 Å². The fourth-order valence-corrected chi connectivity index (χ4v) is 2.07. The van der Waals surface area contributed by atoms with Gasteiger partial charge in [-0.1, -0.05) is 0 Å². The maximum atomic E-state index is 12.4. The summed E-state index contributed by atoms with van der Waals surface area (Å²) >= 11 is 0. The average molecular weight is 311 g/mol. The number of carboxylic acids is 1. The van der Waals surface area contributed by atoms with E-state index >= 15 is 0 Å². The van der Waals surface area contributed by atoms with Crippen LogP contribution in [0.2, 0.25) is 0 Å². The van der Waals surface area contributed by atoms with Crippen LogP contribution in [0, 0.1) is 0 Å². The summed E-state index contributed by atoms with van der Waals surface area (Å²) in [5.74, 6) is -0.387. The van der Waals surface area contributed by atoms with Crippen molar-refractivity contribution in [3.63, 3.8) is 0 Å². The summed E-state index contributed by atoms with van der Waals surface area (Å²) in [6.45, 7) is 0. The highest BCUT2D eigenvalue weighted by Gasteiger charge is 2.10. The molecule has 0 aliphatic carbocycles. The number of rotatable bonds is 4. The van der Waals surface area contributed by atoms with Gasteiger partial charge in [0, 0.05) is 6.07 Å². The van der Waals surface area contributed by atoms with Gasteiger partial charge < -0.3 is 23.8 Å². The third-order valence-electron chi connectivity index (χ3n) is 3.27. The van der Waals surface area contributed by atoms with Crippen LogP contribution in [0.1, 0.15) is 10.4 Å². The number of carbonyl (C=O) groups excluding carboxylic acids is 1. The quantitative estimate of drug-likeness (QED) is 0.731. The highest BCUT2D eigenvalue weighted by Crippen LogP contribution is 2.24. The number of aromatic carboxylic acids is 1. The van der Waals surface area contributed by atoms with Crippen LogP contribution in [0.5, 0.6) is 17.2 Å². The van der Waals surface area contributed by atoms with Crippen molar-refractivity contribution in [3.8, 4) is 17.2 Å². The molecule has 0 saturated heterocycles. The smallest absolute Gasteiger partial charge is 0.235 e. The average Bonchev–Trinajstić information content (AvgIpc) is 2.57. The summed E-state index contributed by atoms with van der Waals surface area (Å²) in [4.78, 5) is 23.1. The maximum Gasteiger partial charge on any atom is 0.235 e. The largest absolute Gasteiger partial charge is 0.545 e. The van der Waals surface area contributed by atoms with Crippen molar-refractivity contribution >= 4 is 16.9 Å². The van der Waals surface area contributed by atoms with Crippen LogP contribution in [0.15, 0.2) is 57.9 Å². The zero-order chi connectivity index (χ0) is 16.4. The molecule has 23 heavy (non-hydrogen) atoms. The molecule has 2 aromatic carbocycles. The topological polar surface area (TPSA) is 88.8 Å². The number of hydrogen-bond acceptors (Lipinski definition) is 6. The fraction of sp³-hybridized carbons (Fsp3) is 0.0588. The molecular weight excluding hydrogens is 300 g/mol. The van der Waals surface area contributed by atoms with Gasteiger partial charge in [-0.05, 0) is 42.0 Å². The molecule has 6 nitrogen and oxygen atoms in total. The van der Waals surface area contributed by atoms with E-state index in [1.165, 1.54) is 37.6 Å². The Balaban J connectivity index is 1.95. The van der Waals surface area contributed by atoms with Crippen molar-refractivity contribution in [1.82, 2.24) is 0 Å². The van der Waals surface area contributed by atoms with Crippen molar-refractivity contribution in [3.05, 3.63) is 64.5 Å². The Morgan fingerprint density at radius 1 is 1.09 bits per heavy atom. The second-order valence-corrected chi connectivity index (χ2v) is 4.71. The molecule has 0 N–H and O–H groups in total. The summed E-state index contributed by atoms with van der Waals surface area (Å²) in [5, 5.41) is 11.1. The molecule has 6 heteroatoms. The lowest BCUT2D eigenvalue weighted by Gasteiger charge is -2.07. The van der Waals surface area contributed by atoms with Crippen LogP contribution < -0.4 is 20.0 Å². The van der Waals surface area contributed by atoms with Gasteiger partial charge in [-0.3, -0.25) is 4.79 Å². The molecule has 0 aliphatic rings. The van der Waals surface area contributed by atoms with Gasteiger partial charge >= 0.3 is 0 Å². The molecule has 0 radical (unpaired) electrons. The van der Waals surface area contributed by atoms with Gasteiger partial charge in [-0.25, -0.2) is 0 Å². The number of hydrogen-bond donors (Lipinski definition) is 0. The van der Waals surface area contributed by atoms with E-state index in [2.05, 4.69) is 0 Å². The Hall–Kier alpha value is -3.28. The molecule has 3 aromatic rings. The summed E-state index contributed by atoms with van der Waals surface area (Å²) in [6, 6.07) is 10.4.